The predicted molar refractivity (Wildman–Crippen MR) is 81.1 cm³/mol. The van der Waals surface area contributed by atoms with Crippen LogP contribution in [0, 0.1) is 0 Å². The molecule has 1 N–H and O–H groups in total. The maximum absolute atomic E-state index is 5.31. The van der Waals surface area contributed by atoms with Crippen LogP contribution < -0.4 is 10.1 Å². The van der Waals surface area contributed by atoms with E-state index in [-0.39, 0.29) is 0 Å². The number of methoxy groups -OCH3 is 1. The summed E-state index contributed by atoms with van der Waals surface area (Å²) in [6, 6.07) is 10.3. The second-order valence-corrected chi connectivity index (χ2v) is 5.79. The molecule has 0 amide bonds. The third-order valence-corrected chi connectivity index (χ3v) is 4.70. The van der Waals surface area contributed by atoms with Crippen molar-refractivity contribution in [2.45, 2.75) is 9.79 Å². The second kappa shape index (κ2) is 4.18. The number of nitrogens with one attached hydrogen (secondary N) is 1. The second-order valence-electron chi connectivity index (χ2n) is 4.74. The van der Waals surface area contributed by atoms with Crippen molar-refractivity contribution in [3.63, 3.8) is 0 Å². The van der Waals surface area contributed by atoms with Crippen molar-refractivity contribution in [2.75, 3.05) is 12.4 Å². The predicted octanol–water partition coefficient (Wildman–Crippen LogP) is 3.79. The minimum atomic E-state index is 0.874. The first-order chi connectivity index (χ1) is 9.76. The molecule has 0 aliphatic carbocycles. The highest BCUT2D eigenvalue weighted by Gasteiger charge is 2.20. The lowest BCUT2D eigenvalue weighted by Crippen LogP contribution is -2.02. The van der Waals surface area contributed by atoms with Gasteiger partial charge in [-0.1, -0.05) is 11.8 Å². The minimum Gasteiger partial charge on any atom is -0.497 e. The van der Waals surface area contributed by atoms with Gasteiger partial charge in [-0.05, 0) is 30.3 Å². The number of hydrogen-bond acceptors (Lipinski definition) is 4. The van der Waals surface area contributed by atoms with Crippen LogP contribution in [0.25, 0.3) is 10.9 Å². The summed E-state index contributed by atoms with van der Waals surface area (Å²) >= 11 is 1.76. The van der Waals surface area contributed by atoms with E-state index in [1.807, 2.05) is 24.0 Å². The molecule has 3 aromatic rings. The largest absolute Gasteiger partial charge is 0.497 e. The number of aryl methyl sites for hydroxylation is 1. The number of ether oxygens (including phenoxy) is 1. The third kappa shape index (κ3) is 1.59. The van der Waals surface area contributed by atoms with Gasteiger partial charge in [0.1, 0.15) is 5.75 Å². The highest BCUT2D eigenvalue weighted by Crippen LogP contribution is 2.48. The van der Waals surface area contributed by atoms with Crippen molar-refractivity contribution in [3.8, 4) is 5.75 Å². The van der Waals surface area contributed by atoms with Crippen LogP contribution in [-0.2, 0) is 7.05 Å². The summed E-state index contributed by atoms with van der Waals surface area (Å²) < 4.78 is 7.23. The van der Waals surface area contributed by atoms with Crippen molar-refractivity contribution in [1.82, 2.24) is 9.78 Å². The molecule has 4 rings (SSSR count). The van der Waals surface area contributed by atoms with E-state index in [4.69, 9.17) is 4.74 Å². The fraction of sp³-hybridized carbons (Fsp3) is 0.133. The molecule has 2 heterocycles. The molecule has 100 valence electrons. The first-order valence-electron chi connectivity index (χ1n) is 6.34. The molecule has 1 aliphatic rings. The van der Waals surface area contributed by atoms with Gasteiger partial charge in [-0.15, -0.1) is 0 Å². The summed E-state index contributed by atoms with van der Waals surface area (Å²) in [7, 11) is 3.67. The van der Waals surface area contributed by atoms with Crippen LogP contribution in [0.4, 0.5) is 11.4 Å². The van der Waals surface area contributed by atoms with Gasteiger partial charge < -0.3 is 10.1 Å². The van der Waals surface area contributed by atoms with E-state index < -0.39 is 0 Å². The smallest absolute Gasteiger partial charge is 0.120 e. The first kappa shape index (κ1) is 11.7. The maximum Gasteiger partial charge on any atom is 0.120 e. The average Bonchev–Trinajstić information content (AvgIpc) is 2.86. The van der Waals surface area contributed by atoms with Crippen LogP contribution >= 0.6 is 11.8 Å². The summed E-state index contributed by atoms with van der Waals surface area (Å²) in [5, 5.41) is 8.99. The van der Waals surface area contributed by atoms with Gasteiger partial charge in [0, 0.05) is 17.3 Å². The standard InChI is InChI=1S/C15H13N3OS/c1-18-14-9(8-16-18)3-5-12-15(14)20-13-7-10(19-2)4-6-11(13)17-12/h3-8,17H,1-2H3. The Morgan fingerprint density at radius 2 is 2.05 bits per heavy atom. The molecule has 4 nitrogen and oxygen atoms in total. The third-order valence-electron chi connectivity index (χ3n) is 3.53. The fourth-order valence-electron chi connectivity index (χ4n) is 2.51. The SMILES string of the molecule is COc1ccc2c(c1)Sc1c(ccc3cnn(C)c13)N2. The summed E-state index contributed by atoms with van der Waals surface area (Å²) in [6.45, 7) is 0. The topological polar surface area (TPSA) is 39.1 Å². The lowest BCUT2D eigenvalue weighted by molar-refractivity contribution is 0.414. The first-order valence-corrected chi connectivity index (χ1v) is 7.15. The van der Waals surface area contributed by atoms with E-state index in [9.17, 15) is 0 Å². The molecule has 0 atom stereocenters. The van der Waals surface area contributed by atoms with Gasteiger partial charge >= 0.3 is 0 Å². The zero-order chi connectivity index (χ0) is 13.7. The fourth-order valence-corrected chi connectivity index (χ4v) is 3.70. The molecule has 1 aromatic heterocycles. The van der Waals surface area contributed by atoms with Crippen LogP contribution in [-0.4, -0.2) is 16.9 Å². The molecule has 0 bridgehead atoms. The molecule has 0 radical (unpaired) electrons. The van der Waals surface area contributed by atoms with Crippen LogP contribution in [0.5, 0.6) is 5.75 Å². The molecule has 0 saturated carbocycles. The Labute approximate surface area is 120 Å². The number of anilines is 2. The highest BCUT2D eigenvalue weighted by molar-refractivity contribution is 8.00. The molecule has 1 aliphatic heterocycles. The normalized spacial score (nSPS) is 12.7. The molecular formula is C15H13N3OS. The van der Waals surface area contributed by atoms with E-state index in [1.165, 1.54) is 9.79 Å². The molecular weight excluding hydrogens is 270 g/mol. The number of fused-ring (bicyclic) bond motifs is 4. The molecule has 0 unspecified atom stereocenters. The van der Waals surface area contributed by atoms with Crippen molar-refractivity contribution in [1.29, 1.82) is 0 Å². The number of hydrogen-bond donors (Lipinski definition) is 1. The van der Waals surface area contributed by atoms with Gasteiger partial charge in [0.2, 0.25) is 0 Å². The van der Waals surface area contributed by atoms with Gasteiger partial charge in [-0.25, -0.2) is 0 Å². The van der Waals surface area contributed by atoms with Crippen LogP contribution in [0.1, 0.15) is 0 Å². The lowest BCUT2D eigenvalue weighted by atomic mass is 10.2. The van der Waals surface area contributed by atoms with Gasteiger partial charge in [0.05, 0.1) is 35.1 Å². The number of rotatable bonds is 1. The summed E-state index contributed by atoms with van der Waals surface area (Å²) in [5.74, 6) is 0.874. The lowest BCUT2D eigenvalue weighted by Gasteiger charge is -2.22. The van der Waals surface area contributed by atoms with Gasteiger partial charge in [-0.2, -0.15) is 5.10 Å². The summed E-state index contributed by atoms with van der Waals surface area (Å²) in [5.41, 5.74) is 3.40. The zero-order valence-electron chi connectivity index (χ0n) is 11.2. The Morgan fingerprint density at radius 3 is 2.90 bits per heavy atom. The Balaban J connectivity index is 1.92. The Bertz CT molecular complexity index is 825. The van der Waals surface area contributed by atoms with E-state index in [1.54, 1.807) is 18.9 Å². The molecule has 0 fully saturated rings. The van der Waals surface area contributed by atoms with E-state index in [0.29, 0.717) is 0 Å². The summed E-state index contributed by atoms with van der Waals surface area (Å²) in [4.78, 5) is 2.38. The minimum absolute atomic E-state index is 0.874. The van der Waals surface area contributed by atoms with Gasteiger partial charge in [0.25, 0.3) is 0 Å². The van der Waals surface area contributed by atoms with Crippen molar-refractivity contribution in [2.24, 2.45) is 7.05 Å². The zero-order valence-corrected chi connectivity index (χ0v) is 12.0. The monoisotopic (exact) mass is 283 g/mol. The van der Waals surface area contributed by atoms with Crippen LogP contribution in [0.15, 0.2) is 46.3 Å². The Morgan fingerprint density at radius 1 is 1.20 bits per heavy atom. The average molecular weight is 283 g/mol. The van der Waals surface area contributed by atoms with Gasteiger partial charge in [0.15, 0.2) is 0 Å². The van der Waals surface area contributed by atoms with Crippen molar-refractivity contribution in [3.05, 3.63) is 36.5 Å². The van der Waals surface area contributed by atoms with Crippen molar-refractivity contribution < 1.29 is 4.74 Å². The number of benzene rings is 2. The molecule has 5 heteroatoms. The maximum atomic E-state index is 5.31. The molecule has 0 spiro atoms. The Hall–Kier alpha value is -2.14. The summed E-state index contributed by atoms with van der Waals surface area (Å²) in [6.07, 6.45) is 1.90. The van der Waals surface area contributed by atoms with E-state index >= 15 is 0 Å². The quantitative estimate of drug-likeness (QED) is 0.577. The van der Waals surface area contributed by atoms with Gasteiger partial charge in [-0.3, -0.25) is 4.68 Å². The molecule has 20 heavy (non-hydrogen) atoms. The van der Waals surface area contributed by atoms with E-state index in [0.717, 1.165) is 28.0 Å². The van der Waals surface area contributed by atoms with Crippen LogP contribution in [0.2, 0.25) is 0 Å². The van der Waals surface area contributed by atoms with Crippen molar-refractivity contribution >= 4 is 34.0 Å². The highest BCUT2D eigenvalue weighted by atomic mass is 32.2. The Kier molecular flexibility index (Phi) is 2.44. The number of aromatic nitrogens is 2. The molecule has 0 saturated heterocycles. The van der Waals surface area contributed by atoms with E-state index in [2.05, 4.69) is 34.7 Å². The van der Waals surface area contributed by atoms with Crippen LogP contribution in [0.3, 0.4) is 0 Å². The number of nitrogens with zero attached hydrogens (tertiary/aromatic N) is 2. The molecule has 2 aromatic carbocycles.